The minimum Gasteiger partial charge on any atom is -0.486 e. The molecule has 0 aliphatic carbocycles. The Morgan fingerprint density at radius 1 is 1.41 bits per heavy atom. The molecule has 96 valence electrons. The van der Waals surface area contributed by atoms with Crippen molar-refractivity contribution < 1.29 is 9.47 Å². The summed E-state index contributed by atoms with van der Waals surface area (Å²) >= 11 is 3.44. The van der Waals surface area contributed by atoms with Crippen molar-refractivity contribution in [1.29, 1.82) is 0 Å². The van der Waals surface area contributed by atoms with Crippen LogP contribution in [0.15, 0.2) is 22.7 Å². The van der Waals surface area contributed by atoms with E-state index in [1.165, 1.54) is 0 Å². The molecule has 0 saturated heterocycles. The van der Waals surface area contributed by atoms with Crippen LogP contribution in [0.3, 0.4) is 0 Å². The highest BCUT2D eigenvalue weighted by Crippen LogP contribution is 2.23. The Bertz CT molecular complexity index is 344. The molecule has 1 atom stereocenters. The van der Waals surface area contributed by atoms with Crippen LogP contribution in [0.1, 0.15) is 12.5 Å². The summed E-state index contributed by atoms with van der Waals surface area (Å²) in [7, 11) is 1.69. The Labute approximate surface area is 112 Å². The fourth-order valence-corrected chi connectivity index (χ4v) is 2.03. The molecule has 1 unspecified atom stereocenters. The highest BCUT2D eigenvalue weighted by Gasteiger charge is 2.11. The van der Waals surface area contributed by atoms with E-state index in [-0.39, 0.29) is 6.10 Å². The van der Waals surface area contributed by atoms with Crippen LogP contribution in [-0.4, -0.2) is 32.9 Å². The predicted octanol–water partition coefficient (Wildman–Crippen LogP) is 2.76. The fourth-order valence-electron chi connectivity index (χ4n) is 1.55. The summed E-state index contributed by atoms with van der Waals surface area (Å²) in [6.07, 6.45) is 0.0415. The third kappa shape index (κ3) is 5.06. The highest BCUT2D eigenvalue weighted by atomic mass is 79.9. The Kier molecular flexibility index (Phi) is 6.55. The lowest BCUT2D eigenvalue weighted by atomic mass is 10.2. The van der Waals surface area contributed by atoms with Gasteiger partial charge in [-0.2, -0.15) is 0 Å². The van der Waals surface area contributed by atoms with E-state index in [2.05, 4.69) is 28.2 Å². The van der Waals surface area contributed by atoms with E-state index in [0.717, 1.165) is 28.9 Å². The third-order valence-corrected chi connectivity index (χ3v) is 2.90. The van der Waals surface area contributed by atoms with Crippen molar-refractivity contribution in [2.24, 2.45) is 0 Å². The lowest BCUT2D eigenvalue weighted by molar-refractivity contribution is 0.0805. The second-order valence-corrected chi connectivity index (χ2v) is 4.83. The molecular formula is C13H20BrNO2. The average Bonchev–Trinajstić information content (AvgIpc) is 2.29. The van der Waals surface area contributed by atoms with Crippen molar-refractivity contribution in [2.45, 2.75) is 20.0 Å². The summed E-state index contributed by atoms with van der Waals surface area (Å²) in [5, 5.41) is 3.27. The molecule has 0 heterocycles. The Morgan fingerprint density at radius 3 is 2.76 bits per heavy atom. The number of benzene rings is 1. The van der Waals surface area contributed by atoms with Crippen LogP contribution >= 0.6 is 15.9 Å². The standard InChI is InChI=1S/C13H20BrNO2/c1-4-15-8-12(9-16-3)17-13-6-5-11(14)7-10(13)2/h5-7,12,15H,4,8-9H2,1-3H3. The van der Waals surface area contributed by atoms with Crippen molar-refractivity contribution in [3.63, 3.8) is 0 Å². The molecule has 1 aromatic rings. The van der Waals surface area contributed by atoms with E-state index in [1.54, 1.807) is 7.11 Å². The molecule has 4 heteroatoms. The third-order valence-electron chi connectivity index (χ3n) is 2.41. The topological polar surface area (TPSA) is 30.5 Å². The first kappa shape index (κ1) is 14.5. The average molecular weight is 302 g/mol. The number of halogens is 1. The number of hydrogen-bond acceptors (Lipinski definition) is 3. The molecule has 3 nitrogen and oxygen atoms in total. The summed E-state index contributed by atoms with van der Waals surface area (Å²) < 4.78 is 12.2. The normalized spacial score (nSPS) is 12.5. The first-order chi connectivity index (χ1) is 8.17. The molecule has 1 N–H and O–H groups in total. The quantitative estimate of drug-likeness (QED) is 0.840. The molecule has 0 aromatic heterocycles. The Morgan fingerprint density at radius 2 is 2.18 bits per heavy atom. The molecule has 0 aliphatic rings. The number of nitrogens with one attached hydrogen (secondary N) is 1. The van der Waals surface area contributed by atoms with Gasteiger partial charge in [0.15, 0.2) is 0 Å². The summed E-state index contributed by atoms with van der Waals surface area (Å²) in [5.41, 5.74) is 1.12. The zero-order valence-corrected chi connectivity index (χ0v) is 12.2. The van der Waals surface area contributed by atoms with E-state index < -0.39 is 0 Å². The lowest BCUT2D eigenvalue weighted by Gasteiger charge is -2.20. The van der Waals surface area contributed by atoms with Gasteiger partial charge in [-0.1, -0.05) is 22.9 Å². The number of ether oxygens (including phenoxy) is 2. The van der Waals surface area contributed by atoms with Crippen molar-refractivity contribution in [3.8, 4) is 5.75 Å². The van der Waals surface area contributed by atoms with Crippen molar-refractivity contribution in [3.05, 3.63) is 28.2 Å². The van der Waals surface area contributed by atoms with Crippen molar-refractivity contribution in [2.75, 3.05) is 26.8 Å². The van der Waals surface area contributed by atoms with Gasteiger partial charge < -0.3 is 14.8 Å². The summed E-state index contributed by atoms with van der Waals surface area (Å²) in [4.78, 5) is 0. The van der Waals surface area contributed by atoms with Gasteiger partial charge in [0.25, 0.3) is 0 Å². The zero-order valence-electron chi connectivity index (χ0n) is 10.6. The maximum absolute atomic E-state index is 5.93. The van der Waals surface area contributed by atoms with E-state index in [0.29, 0.717) is 6.61 Å². The van der Waals surface area contributed by atoms with Gasteiger partial charge in [-0.3, -0.25) is 0 Å². The highest BCUT2D eigenvalue weighted by molar-refractivity contribution is 9.10. The van der Waals surface area contributed by atoms with E-state index >= 15 is 0 Å². The molecule has 0 aliphatic heterocycles. The maximum atomic E-state index is 5.93. The van der Waals surface area contributed by atoms with Gasteiger partial charge in [0.2, 0.25) is 0 Å². The first-order valence-corrected chi connectivity index (χ1v) is 6.59. The van der Waals surface area contributed by atoms with Gasteiger partial charge in [-0.15, -0.1) is 0 Å². The van der Waals surface area contributed by atoms with Gasteiger partial charge in [0.1, 0.15) is 11.9 Å². The molecule has 0 saturated carbocycles. The molecular weight excluding hydrogens is 282 g/mol. The molecule has 0 fully saturated rings. The molecule has 1 rings (SSSR count). The number of hydrogen-bond donors (Lipinski definition) is 1. The first-order valence-electron chi connectivity index (χ1n) is 5.79. The number of methoxy groups -OCH3 is 1. The largest absolute Gasteiger partial charge is 0.486 e. The summed E-state index contributed by atoms with van der Waals surface area (Å²) in [6, 6.07) is 6.01. The smallest absolute Gasteiger partial charge is 0.134 e. The number of aryl methyl sites for hydroxylation is 1. The van der Waals surface area contributed by atoms with Crippen LogP contribution < -0.4 is 10.1 Å². The summed E-state index contributed by atoms with van der Waals surface area (Å²) in [6.45, 7) is 6.43. The fraction of sp³-hybridized carbons (Fsp3) is 0.538. The van der Waals surface area contributed by atoms with Crippen LogP contribution in [0.2, 0.25) is 0 Å². The van der Waals surface area contributed by atoms with Gasteiger partial charge in [-0.05, 0) is 37.2 Å². The van der Waals surface area contributed by atoms with Crippen LogP contribution in [-0.2, 0) is 4.74 Å². The van der Waals surface area contributed by atoms with Gasteiger partial charge in [0.05, 0.1) is 6.61 Å². The monoisotopic (exact) mass is 301 g/mol. The van der Waals surface area contributed by atoms with E-state index in [1.807, 2.05) is 25.1 Å². The van der Waals surface area contributed by atoms with Crippen LogP contribution in [0.25, 0.3) is 0 Å². The zero-order chi connectivity index (χ0) is 12.7. The van der Waals surface area contributed by atoms with Crippen molar-refractivity contribution in [1.82, 2.24) is 5.32 Å². The summed E-state index contributed by atoms with van der Waals surface area (Å²) in [5.74, 6) is 0.910. The predicted molar refractivity (Wildman–Crippen MR) is 73.7 cm³/mol. The van der Waals surface area contributed by atoms with Gasteiger partial charge >= 0.3 is 0 Å². The number of likely N-dealkylation sites (N-methyl/N-ethyl adjacent to an activating group) is 1. The molecule has 1 aromatic carbocycles. The molecule has 0 amide bonds. The second kappa shape index (κ2) is 7.69. The molecule has 0 spiro atoms. The number of rotatable bonds is 7. The minimum absolute atomic E-state index is 0.0415. The van der Waals surface area contributed by atoms with Gasteiger partial charge in [0, 0.05) is 18.1 Å². The maximum Gasteiger partial charge on any atom is 0.134 e. The SMILES string of the molecule is CCNCC(COC)Oc1ccc(Br)cc1C. The Balaban J connectivity index is 2.64. The second-order valence-electron chi connectivity index (χ2n) is 3.91. The van der Waals surface area contributed by atoms with Gasteiger partial charge in [-0.25, -0.2) is 0 Å². The Hall–Kier alpha value is -0.580. The van der Waals surface area contributed by atoms with Crippen LogP contribution in [0.4, 0.5) is 0 Å². The molecule has 17 heavy (non-hydrogen) atoms. The van der Waals surface area contributed by atoms with Crippen LogP contribution in [0, 0.1) is 6.92 Å². The van der Waals surface area contributed by atoms with E-state index in [9.17, 15) is 0 Å². The minimum atomic E-state index is 0.0415. The van der Waals surface area contributed by atoms with Crippen LogP contribution in [0.5, 0.6) is 5.75 Å². The molecule has 0 bridgehead atoms. The lowest BCUT2D eigenvalue weighted by Crippen LogP contribution is -2.35. The molecule has 0 radical (unpaired) electrons. The van der Waals surface area contributed by atoms with E-state index in [4.69, 9.17) is 9.47 Å². The van der Waals surface area contributed by atoms with Crippen molar-refractivity contribution >= 4 is 15.9 Å².